The molecule has 0 spiro atoms. The normalized spacial score (nSPS) is 11.6. The molecule has 0 saturated heterocycles. The molecule has 1 unspecified atom stereocenters. The predicted molar refractivity (Wildman–Crippen MR) is 50.0 cm³/mol. The van der Waals surface area contributed by atoms with Gasteiger partial charge in [0.05, 0.1) is 0 Å². The molecule has 0 fully saturated rings. The van der Waals surface area contributed by atoms with Crippen molar-refractivity contribution in [3.8, 4) is 5.40 Å². The van der Waals surface area contributed by atoms with E-state index in [-0.39, 0.29) is 0 Å². The van der Waals surface area contributed by atoms with Gasteiger partial charge in [0.15, 0.2) is 0 Å². The second kappa shape index (κ2) is 4.53. The lowest BCUT2D eigenvalue weighted by Gasteiger charge is -2.06. The molecule has 0 amide bonds. The summed E-state index contributed by atoms with van der Waals surface area (Å²) in [5.74, 6) is -0.988. The lowest BCUT2D eigenvalue weighted by molar-refractivity contribution is -0.136. The van der Waals surface area contributed by atoms with Gasteiger partial charge in [0.1, 0.15) is 10.7 Å². The zero-order valence-corrected chi connectivity index (χ0v) is 7.49. The molecule has 1 N–H and O–H groups in total. The molecule has 3 nitrogen and oxygen atoms in total. The number of benzene rings is 1. The van der Waals surface area contributed by atoms with Crippen LogP contribution in [0.3, 0.4) is 0 Å². The molecule has 66 valence electrons. The number of hydrogen-bond donors (Lipinski definition) is 1. The van der Waals surface area contributed by atoms with E-state index in [0.29, 0.717) is 5.56 Å². The minimum Gasteiger partial charge on any atom is -0.480 e. The van der Waals surface area contributed by atoms with Gasteiger partial charge in [0, 0.05) is 0 Å². The van der Waals surface area contributed by atoms with Crippen molar-refractivity contribution in [1.29, 1.82) is 5.26 Å². The second-order valence-electron chi connectivity index (χ2n) is 2.34. The van der Waals surface area contributed by atoms with E-state index in [0.717, 1.165) is 11.8 Å². The highest BCUT2D eigenvalue weighted by Crippen LogP contribution is 2.27. The number of rotatable bonds is 3. The molecule has 0 aromatic heterocycles. The fourth-order valence-electron chi connectivity index (χ4n) is 0.942. The number of carbonyl (C=O) groups is 1. The summed E-state index contributed by atoms with van der Waals surface area (Å²) in [6.45, 7) is 0. The van der Waals surface area contributed by atoms with Crippen molar-refractivity contribution in [3.05, 3.63) is 35.9 Å². The SMILES string of the molecule is N#CSC(C(=O)O)c1ccccc1. The third-order valence-corrected chi connectivity index (χ3v) is 2.31. The summed E-state index contributed by atoms with van der Waals surface area (Å²) in [5, 5.41) is 18.2. The molecule has 4 heteroatoms. The molecule has 0 heterocycles. The highest BCUT2D eigenvalue weighted by atomic mass is 32.2. The summed E-state index contributed by atoms with van der Waals surface area (Å²) in [4.78, 5) is 10.7. The monoisotopic (exact) mass is 193 g/mol. The molecule has 1 rings (SSSR count). The molecule has 0 saturated carbocycles. The minimum absolute atomic E-state index is 0.640. The molecule has 0 radical (unpaired) electrons. The molecule has 13 heavy (non-hydrogen) atoms. The van der Waals surface area contributed by atoms with Crippen molar-refractivity contribution in [2.75, 3.05) is 0 Å². The molecule has 0 aliphatic rings. The number of hydrogen-bond acceptors (Lipinski definition) is 3. The molecular weight excluding hydrogens is 186 g/mol. The number of nitrogens with zero attached hydrogens (tertiary/aromatic N) is 1. The lowest BCUT2D eigenvalue weighted by atomic mass is 10.1. The van der Waals surface area contributed by atoms with Gasteiger partial charge in [0.25, 0.3) is 0 Å². The third-order valence-electron chi connectivity index (χ3n) is 1.50. The Bertz CT molecular complexity index is 331. The van der Waals surface area contributed by atoms with E-state index in [1.54, 1.807) is 35.7 Å². The van der Waals surface area contributed by atoms with Gasteiger partial charge in [-0.3, -0.25) is 4.79 Å². The van der Waals surface area contributed by atoms with Crippen LogP contribution in [0.1, 0.15) is 10.8 Å². The third kappa shape index (κ3) is 2.49. The molecular formula is C9H7NO2S. The Balaban J connectivity index is 2.90. The summed E-state index contributed by atoms with van der Waals surface area (Å²) in [7, 11) is 0. The summed E-state index contributed by atoms with van der Waals surface area (Å²) < 4.78 is 0. The van der Waals surface area contributed by atoms with Gasteiger partial charge >= 0.3 is 5.97 Å². The number of thiocyanates is 1. The van der Waals surface area contributed by atoms with Gasteiger partial charge in [-0.15, -0.1) is 0 Å². The van der Waals surface area contributed by atoms with Crippen LogP contribution in [0.4, 0.5) is 0 Å². The Labute approximate surface area is 80.0 Å². The molecule has 1 aromatic carbocycles. The van der Waals surface area contributed by atoms with E-state index in [1.165, 1.54) is 0 Å². The smallest absolute Gasteiger partial charge is 0.322 e. The van der Waals surface area contributed by atoms with Crippen LogP contribution in [0, 0.1) is 10.7 Å². The largest absolute Gasteiger partial charge is 0.480 e. The van der Waals surface area contributed by atoms with E-state index in [2.05, 4.69) is 0 Å². The Morgan fingerprint density at radius 1 is 1.46 bits per heavy atom. The first-order valence-electron chi connectivity index (χ1n) is 3.58. The number of carboxylic acid groups (broad SMARTS) is 1. The van der Waals surface area contributed by atoms with Crippen LogP contribution in [0.5, 0.6) is 0 Å². The molecule has 1 aromatic rings. The van der Waals surface area contributed by atoms with Crippen molar-refractivity contribution in [3.63, 3.8) is 0 Å². The Kier molecular flexibility index (Phi) is 3.35. The summed E-state index contributed by atoms with van der Waals surface area (Å²) in [6.07, 6.45) is 0. The fourth-order valence-corrected chi connectivity index (χ4v) is 1.44. The maximum absolute atomic E-state index is 10.7. The first-order valence-corrected chi connectivity index (χ1v) is 4.46. The van der Waals surface area contributed by atoms with Gasteiger partial charge < -0.3 is 5.11 Å². The van der Waals surface area contributed by atoms with Crippen LogP contribution < -0.4 is 0 Å². The van der Waals surface area contributed by atoms with Crippen molar-refractivity contribution < 1.29 is 9.90 Å². The van der Waals surface area contributed by atoms with Gasteiger partial charge in [-0.25, -0.2) is 0 Å². The molecule has 0 aliphatic carbocycles. The molecule has 0 aliphatic heterocycles. The van der Waals surface area contributed by atoms with Gasteiger partial charge in [-0.2, -0.15) is 5.26 Å². The van der Waals surface area contributed by atoms with Crippen LogP contribution in [-0.2, 0) is 4.79 Å². The highest BCUT2D eigenvalue weighted by molar-refractivity contribution is 8.04. The summed E-state index contributed by atoms with van der Waals surface area (Å²) in [6, 6.07) is 8.71. The Hall–Kier alpha value is -1.47. The second-order valence-corrected chi connectivity index (χ2v) is 3.23. The lowest BCUT2D eigenvalue weighted by Crippen LogP contribution is -2.06. The predicted octanol–water partition coefficient (Wildman–Crippen LogP) is 2.03. The van der Waals surface area contributed by atoms with Gasteiger partial charge in [-0.05, 0) is 17.3 Å². The quantitative estimate of drug-likeness (QED) is 0.746. The van der Waals surface area contributed by atoms with Crippen molar-refractivity contribution in [2.45, 2.75) is 5.25 Å². The summed E-state index contributed by atoms with van der Waals surface area (Å²) in [5.41, 5.74) is 0.640. The first kappa shape index (κ1) is 9.62. The van der Waals surface area contributed by atoms with Crippen molar-refractivity contribution >= 4 is 17.7 Å². The average Bonchev–Trinajstić information content (AvgIpc) is 2.15. The van der Waals surface area contributed by atoms with Crippen LogP contribution >= 0.6 is 11.8 Å². The van der Waals surface area contributed by atoms with E-state index in [1.807, 2.05) is 0 Å². The van der Waals surface area contributed by atoms with Gasteiger partial charge in [-0.1, -0.05) is 30.3 Å². The van der Waals surface area contributed by atoms with Crippen molar-refractivity contribution in [2.24, 2.45) is 0 Å². The topological polar surface area (TPSA) is 61.1 Å². The van der Waals surface area contributed by atoms with Crippen LogP contribution in [0.15, 0.2) is 30.3 Å². The maximum atomic E-state index is 10.7. The zero-order valence-electron chi connectivity index (χ0n) is 6.68. The van der Waals surface area contributed by atoms with E-state index >= 15 is 0 Å². The number of nitriles is 1. The van der Waals surface area contributed by atoms with E-state index < -0.39 is 11.2 Å². The fraction of sp³-hybridized carbons (Fsp3) is 0.111. The number of thioether (sulfide) groups is 1. The van der Waals surface area contributed by atoms with Crippen LogP contribution in [-0.4, -0.2) is 11.1 Å². The summed E-state index contributed by atoms with van der Waals surface area (Å²) >= 11 is 0.744. The Morgan fingerprint density at radius 3 is 2.54 bits per heavy atom. The zero-order chi connectivity index (χ0) is 9.68. The maximum Gasteiger partial charge on any atom is 0.322 e. The number of aliphatic carboxylic acids is 1. The number of carboxylic acids is 1. The van der Waals surface area contributed by atoms with Crippen molar-refractivity contribution in [1.82, 2.24) is 0 Å². The molecule has 1 atom stereocenters. The van der Waals surface area contributed by atoms with E-state index in [4.69, 9.17) is 10.4 Å². The highest BCUT2D eigenvalue weighted by Gasteiger charge is 2.19. The van der Waals surface area contributed by atoms with Gasteiger partial charge in [0.2, 0.25) is 0 Å². The van der Waals surface area contributed by atoms with Crippen LogP contribution in [0.2, 0.25) is 0 Å². The van der Waals surface area contributed by atoms with Crippen LogP contribution in [0.25, 0.3) is 0 Å². The Morgan fingerprint density at radius 2 is 2.08 bits per heavy atom. The average molecular weight is 193 g/mol. The molecule has 0 bridgehead atoms. The standard InChI is InChI=1S/C9H7NO2S/c10-6-13-8(9(11)12)7-4-2-1-3-5-7/h1-5,8H,(H,11,12). The minimum atomic E-state index is -0.988. The first-order chi connectivity index (χ1) is 6.25. The van der Waals surface area contributed by atoms with E-state index in [9.17, 15) is 4.79 Å².